The predicted molar refractivity (Wildman–Crippen MR) is 55.5 cm³/mol. The van der Waals surface area contributed by atoms with E-state index in [2.05, 4.69) is 0 Å². The number of benzene rings is 1. The first-order valence-corrected chi connectivity index (χ1v) is 4.62. The van der Waals surface area contributed by atoms with Crippen LogP contribution in [0.15, 0.2) is 18.2 Å². The first kappa shape index (κ1) is 11.0. The van der Waals surface area contributed by atoms with Gasteiger partial charge < -0.3 is 10.8 Å². The van der Waals surface area contributed by atoms with Crippen molar-refractivity contribution >= 4 is 17.6 Å². The summed E-state index contributed by atoms with van der Waals surface area (Å²) in [6, 6.07) is 4.54. The Kier molecular flexibility index (Phi) is 3.49. The Morgan fingerprint density at radius 1 is 1.64 bits per heavy atom. The van der Waals surface area contributed by atoms with Gasteiger partial charge in [0.2, 0.25) is 0 Å². The highest BCUT2D eigenvalue weighted by Gasteiger charge is 2.12. The number of carboxylic acids is 1. The molecule has 0 heterocycles. The molecule has 0 unspecified atom stereocenters. The molecule has 0 aliphatic heterocycles. The number of aliphatic carboxylic acids is 1. The van der Waals surface area contributed by atoms with Gasteiger partial charge >= 0.3 is 5.97 Å². The molecule has 0 aromatic heterocycles. The molecule has 0 saturated heterocycles. The number of halogens is 1. The van der Waals surface area contributed by atoms with Crippen LogP contribution in [0, 0.1) is 6.92 Å². The average Bonchev–Trinajstić information content (AvgIpc) is 2.11. The van der Waals surface area contributed by atoms with Crippen LogP contribution >= 0.6 is 11.6 Å². The predicted octanol–water partition coefficient (Wildman–Crippen LogP) is 1.60. The normalized spacial score (nSPS) is 12.5. The van der Waals surface area contributed by atoms with Crippen LogP contribution in [0.1, 0.15) is 11.1 Å². The van der Waals surface area contributed by atoms with Gasteiger partial charge in [-0.1, -0.05) is 23.7 Å². The molecule has 4 heteroatoms. The average molecular weight is 214 g/mol. The lowest BCUT2D eigenvalue weighted by molar-refractivity contribution is -0.138. The zero-order valence-electron chi connectivity index (χ0n) is 7.83. The Hall–Kier alpha value is -1.06. The van der Waals surface area contributed by atoms with E-state index in [0.717, 1.165) is 11.1 Å². The van der Waals surface area contributed by atoms with Crippen molar-refractivity contribution in [3.63, 3.8) is 0 Å². The zero-order valence-corrected chi connectivity index (χ0v) is 8.58. The van der Waals surface area contributed by atoms with Gasteiger partial charge in [-0.2, -0.15) is 0 Å². The van der Waals surface area contributed by atoms with Crippen LogP contribution in [0.4, 0.5) is 0 Å². The molecule has 3 N–H and O–H groups in total. The number of nitrogens with two attached hydrogens (primary N) is 1. The second-order valence-corrected chi connectivity index (χ2v) is 3.64. The van der Waals surface area contributed by atoms with E-state index in [0.29, 0.717) is 11.4 Å². The van der Waals surface area contributed by atoms with E-state index >= 15 is 0 Å². The van der Waals surface area contributed by atoms with E-state index < -0.39 is 12.0 Å². The van der Waals surface area contributed by atoms with Crippen molar-refractivity contribution in [3.8, 4) is 0 Å². The summed E-state index contributed by atoms with van der Waals surface area (Å²) in [5.74, 6) is -0.988. The van der Waals surface area contributed by atoms with Crippen LogP contribution in [-0.4, -0.2) is 17.1 Å². The van der Waals surface area contributed by atoms with E-state index in [1.807, 2.05) is 13.0 Å². The van der Waals surface area contributed by atoms with Gasteiger partial charge in [0, 0.05) is 5.02 Å². The molecule has 0 spiro atoms. The van der Waals surface area contributed by atoms with Crippen molar-refractivity contribution in [2.75, 3.05) is 0 Å². The topological polar surface area (TPSA) is 63.3 Å². The molecule has 1 aromatic carbocycles. The smallest absolute Gasteiger partial charge is 0.320 e. The lowest BCUT2D eigenvalue weighted by Gasteiger charge is -2.07. The Labute approximate surface area is 87.5 Å². The van der Waals surface area contributed by atoms with Crippen LogP contribution in [0.3, 0.4) is 0 Å². The van der Waals surface area contributed by atoms with Crippen LogP contribution in [0.25, 0.3) is 0 Å². The highest BCUT2D eigenvalue weighted by atomic mass is 35.5. The molecular formula is C10H12ClNO2. The van der Waals surface area contributed by atoms with Gasteiger partial charge in [-0.25, -0.2) is 0 Å². The third-order valence-electron chi connectivity index (χ3n) is 2.00. The zero-order chi connectivity index (χ0) is 10.7. The van der Waals surface area contributed by atoms with Crippen LogP contribution in [0.5, 0.6) is 0 Å². The van der Waals surface area contributed by atoms with Crippen molar-refractivity contribution in [1.82, 2.24) is 0 Å². The van der Waals surface area contributed by atoms with Crippen LogP contribution < -0.4 is 5.73 Å². The summed E-state index contributed by atoms with van der Waals surface area (Å²) in [6.45, 7) is 1.87. The fourth-order valence-corrected chi connectivity index (χ4v) is 1.29. The largest absolute Gasteiger partial charge is 0.480 e. The highest BCUT2D eigenvalue weighted by molar-refractivity contribution is 6.31. The van der Waals surface area contributed by atoms with Gasteiger partial charge in [0.05, 0.1) is 0 Å². The molecule has 0 radical (unpaired) electrons. The molecule has 0 fully saturated rings. The molecule has 0 bridgehead atoms. The fraction of sp³-hybridized carbons (Fsp3) is 0.300. The van der Waals surface area contributed by atoms with Crippen molar-refractivity contribution in [2.24, 2.45) is 5.73 Å². The molecule has 76 valence electrons. The van der Waals surface area contributed by atoms with Crippen LogP contribution in [-0.2, 0) is 11.2 Å². The first-order valence-electron chi connectivity index (χ1n) is 4.24. The van der Waals surface area contributed by atoms with Gasteiger partial charge in [0.25, 0.3) is 0 Å². The number of carboxylic acid groups (broad SMARTS) is 1. The summed E-state index contributed by atoms with van der Waals surface area (Å²) in [5.41, 5.74) is 7.23. The summed E-state index contributed by atoms with van der Waals surface area (Å²) >= 11 is 5.83. The summed E-state index contributed by atoms with van der Waals surface area (Å²) in [5, 5.41) is 9.29. The standard InChI is InChI=1S/C10H12ClNO2/c1-6-4-7(2-3-8(6)11)5-9(12)10(13)14/h2-4,9H,5,12H2,1H3,(H,13,14)/t9-/m0/s1. The Morgan fingerprint density at radius 3 is 2.79 bits per heavy atom. The van der Waals surface area contributed by atoms with Gasteiger partial charge in [-0.15, -0.1) is 0 Å². The highest BCUT2D eigenvalue weighted by Crippen LogP contribution is 2.16. The molecule has 1 aromatic rings. The molecule has 0 aliphatic carbocycles. The fourth-order valence-electron chi connectivity index (χ4n) is 1.18. The maximum atomic E-state index is 10.5. The summed E-state index contributed by atoms with van der Waals surface area (Å²) in [4.78, 5) is 10.5. The third kappa shape index (κ3) is 2.72. The Balaban J connectivity index is 2.78. The van der Waals surface area contributed by atoms with Gasteiger partial charge in [0.1, 0.15) is 6.04 Å². The van der Waals surface area contributed by atoms with E-state index in [1.54, 1.807) is 12.1 Å². The molecule has 1 rings (SSSR count). The minimum Gasteiger partial charge on any atom is -0.480 e. The SMILES string of the molecule is Cc1cc(C[C@H](N)C(=O)O)ccc1Cl. The molecule has 0 saturated carbocycles. The molecule has 14 heavy (non-hydrogen) atoms. The quantitative estimate of drug-likeness (QED) is 0.802. The second-order valence-electron chi connectivity index (χ2n) is 3.23. The van der Waals surface area contributed by atoms with E-state index in [1.165, 1.54) is 0 Å². The van der Waals surface area contributed by atoms with Crippen molar-refractivity contribution in [2.45, 2.75) is 19.4 Å². The summed E-state index contributed by atoms with van der Waals surface area (Å²) < 4.78 is 0. The molecule has 1 atom stereocenters. The summed E-state index contributed by atoms with van der Waals surface area (Å²) in [6.07, 6.45) is 0.327. The lowest BCUT2D eigenvalue weighted by atomic mass is 10.0. The van der Waals surface area contributed by atoms with Gasteiger partial charge in [-0.3, -0.25) is 4.79 Å². The lowest BCUT2D eigenvalue weighted by Crippen LogP contribution is -2.32. The molecule has 0 amide bonds. The van der Waals surface area contributed by atoms with Crippen molar-refractivity contribution in [3.05, 3.63) is 34.3 Å². The number of rotatable bonds is 3. The molecular weight excluding hydrogens is 202 g/mol. The molecule has 0 aliphatic rings. The van der Waals surface area contributed by atoms with Crippen molar-refractivity contribution in [1.29, 1.82) is 0 Å². The maximum Gasteiger partial charge on any atom is 0.320 e. The van der Waals surface area contributed by atoms with Crippen LogP contribution in [0.2, 0.25) is 5.02 Å². The van der Waals surface area contributed by atoms with E-state index in [-0.39, 0.29) is 0 Å². The number of aryl methyl sites for hydroxylation is 1. The van der Waals surface area contributed by atoms with Crippen molar-refractivity contribution < 1.29 is 9.90 Å². The minimum atomic E-state index is -0.988. The minimum absolute atomic E-state index is 0.327. The van der Waals surface area contributed by atoms with Gasteiger partial charge in [-0.05, 0) is 30.5 Å². The Bertz CT molecular complexity index is 352. The number of hydrogen-bond acceptors (Lipinski definition) is 2. The maximum absolute atomic E-state index is 10.5. The Morgan fingerprint density at radius 2 is 2.29 bits per heavy atom. The second kappa shape index (κ2) is 4.44. The first-order chi connectivity index (χ1) is 6.50. The van der Waals surface area contributed by atoms with E-state index in [4.69, 9.17) is 22.4 Å². The number of hydrogen-bond donors (Lipinski definition) is 2. The monoisotopic (exact) mass is 213 g/mol. The van der Waals surface area contributed by atoms with E-state index in [9.17, 15) is 4.79 Å². The van der Waals surface area contributed by atoms with Gasteiger partial charge in [0.15, 0.2) is 0 Å². The number of carbonyl (C=O) groups is 1. The third-order valence-corrected chi connectivity index (χ3v) is 2.42. The summed E-state index contributed by atoms with van der Waals surface area (Å²) in [7, 11) is 0. The molecule has 3 nitrogen and oxygen atoms in total.